The zero-order valence-corrected chi connectivity index (χ0v) is 15.4. The molecule has 0 saturated heterocycles. The van der Waals surface area contributed by atoms with Gasteiger partial charge >= 0.3 is 6.18 Å². The van der Waals surface area contributed by atoms with Crippen LogP contribution in [0.25, 0.3) is 5.82 Å². The lowest BCUT2D eigenvalue weighted by atomic mass is 10.3. The third kappa shape index (κ3) is 4.90. The predicted molar refractivity (Wildman–Crippen MR) is 98.3 cm³/mol. The number of carbonyl (C=O) groups excluding carboxylic acids is 1. The number of hydrogen-bond donors (Lipinski definition) is 1. The van der Waals surface area contributed by atoms with Crippen molar-refractivity contribution in [1.82, 2.24) is 14.8 Å². The fourth-order valence-corrected chi connectivity index (χ4v) is 2.43. The topological polar surface area (TPSA) is 112 Å². The third-order valence-corrected chi connectivity index (χ3v) is 3.81. The molecule has 0 atom stereocenters. The van der Waals surface area contributed by atoms with Crippen LogP contribution in [0.2, 0.25) is 0 Å². The van der Waals surface area contributed by atoms with Crippen molar-refractivity contribution in [2.24, 2.45) is 0 Å². The Morgan fingerprint density at radius 3 is 2.50 bits per heavy atom. The largest absolute Gasteiger partial charge is 0.484 e. The number of nitrogens with zero attached hydrogens (tertiary/aromatic N) is 4. The van der Waals surface area contributed by atoms with E-state index in [2.05, 4.69) is 15.4 Å². The van der Waals surface area contributed by atoms with Gasteiger partial charge in [0, 0.05) is 24.4 Å². The molecule has 12 heteroatoms. The third-order valence-electron chi connectivity index (χ3n) is 3.81. The van der Waals surface area contributed by atoms with Gasteiger partial charge in [-0.2, -0.15) is 23.0 Å². The van der Waals surface area contributed by atoms with E-state index in [9.17, 15) is 28.1 Å². The molecule has 1 aromatic carbocycles. The number of nitro groups is 1. The fourth-order valence-electron chi connectivity index (χ4n) is 2.43. The highest BCUT2D eigenvalue weighted by molar-refractivity contribution is 5.91. The minimum Gasteiger partial charge on any atom is -0.484 e. The average molecular weight is 421 g/mol. The molecule has 30 heavy (non-hydrogen) atoms. The van der Waals surface area contributed by atoms with Crippen LogP contribution in [0, 0.1) is 17.0 Å². The van der Waals surface area contributed by atoms with E-state index in [1.807, 2.05) is 0 Å². The van der Waals surface area contributed by atoms with Crippen molar-refractivity contribution in [3.63, 3.8) is 0 Å². The summed E-state index contributed by atoms with van der Waals surface area (Å²) in [4.78, 5) is 26.0. The Labute approximate surface area is 167 Å². The first kappa shape index (κ1) is 20.8. The van der Waals surface area contributed by atoms with E-state index < -0.39 is 29.2 Å². The Kier molecular flexibility index (Phi) is 5.67. The van der Waals surface area contributed by atoms with Gasteiger partial charge in [-0.15, -0.1) is 0 Å². The average Bonchev–Trinajstić information content (AvgIpc) is 3.06. The number of halogens is 3. The van der Waals surface area contributed by atoms with Gasteiger partial charge in [0.25, 0.3) is 11.6 Å². The highest BCUT2D eigenvalue weighted by Gasteiger charge is 2.30. The molecular formula is C18H14F3N5O4. The number of benzene rings is 1. The maximum Gasteiger partial charge on any atom is 0.417 e. The number of non-ortho nitro benzene ring substituents is 1. The Morgan fingerprint density at radius 1 is 1.23 bits per heavy atom. The molecule has 0 aliphatic carbocycles. The van der Waals surface area contributed by atoms with Crippen LogP contribution in [0.15, 0.2) is 48.7 Å². The molecule has 1 N–H and O–H groups in total. The summed E-state index contributed by atoms with van der Waals surface area (Å²) in [6, 6.07) is 8.70. The zero-order chi connectivity index (χ0) is 21.9. The molecule has 0 bridgehead atoms. The molecule has 3 rings (SSSR count). The molecular weight excluding hydrogens is 407 g/mol. The second-order valence-electron chi connectivity index (χ2n) is 6.07. The minimum absolute atomic E-state index is 0.0858. The van der Waals surface area contributed by atoms with E-state index in [1.165, 1.54) is 35.0 Å². The molecule has 1 amide bonds. The van der Waals surface area contributed by atoms with Gasteiger partial charge in [-0.1, -0.05) is 0 Å². The molecule has 2 heterocycles. The summed E-state index contributed by atoms with van der Waals surface area (Å²) >= 11 is 0. The fraction of sp³-hybridized carbons (Fsp3) is 0.167. The van der Waals surface area contributed by atoms with Crippen LogP contribution in [0.3, 0.4) is 0 Å². The number of nitrogens with one attached hydrogen (secondary N) is 1. The number of hydrogen-bond acceptors (Lipinski definition) is 6. The number of amides is 1. The SMILES string of the molecule is Cc1cc(NC(=O)COc2ccc([N+](=O)[O-])cc2)n(-c2ccc(C(F)(F)F)cn2)n1. The summed E-state index contributed by atoms with van der Waals surface area (Å²) in [5.41, 5.74) is -0.518. The Balaban J connectivity index is 1.68. The Morgan fingerprint density at radius 2 is 1.93 bits per heavy atom. The lowest BCUT2D eigenvalue weighted by molar-refractivity contribution is -0.384. The van der Waals surface area contributed by atoms with Crippen LogP contribution >= 0.6 is 0 Å². The van der Waals surface area contributed by atoms with Gasteiger partial charge in [-0.05, 0) is 31.2 Å². The number of aromatic nitrogens is 3. The summed E-state index contributed by atoms with van der Waals surface area (Å²) in [5.74, 6) is -0.0361. The van der Waals surface area contributed by atoms with Gasteiger partial charge in [-0.3, -0.25) is 14.9 Å². The molecule has 3 aromatic rings. The molecule has 0 fully saturated rings. The Hall–Kier alpha value is -3.96. The van der Waals surface area contributed by atoms with Gasteiger partial charge in [0.2, 0.25) is 0 Å². The van der Waals surface area contributed by atoms with Crippen molar-refractivity contribution in [3.8, 4) is 11.6 Å². The van der Waals surface area contributed by atoms with Crippen LogP contribution in [0.1, 0.15) is 11.3 Å². The van der Waals surface area contributed by atoms with Gasteiger partial charge in [0.1, 0.15) is 11.6 Å². The zero-order valence-electron chi connectivity index (χ0n) is 15.4. The summed E-state index contributed by atoms with van der Waals surface area (Å²) < 4.78 is 44.6. The molecule has 0 unspecified atom stereocenters. The maximum absolute atomic E-state index is 12.7. The number of pyridine rings is 1. The van der Waals surface area contributed by atoms with Crippen LogP contribution in [-0.2, 0) is 11.0 Å². The molecule has 2 aromatic heterocycles. The molecule has 0 saturated carbocycles. The van der Waals surface area contributed by atoms with E-state index in [1.54, 1.807) is 6.92 Å². The molecule has 156 valence electrons. The number of alkyl halides is 3. The quantitative estimate of drug-likeness (QED) is 0.481. The van der Waals surface area contributed by atoms with Crippen LogP contribution < -0.4 is 10.1 Å². The van der Waals surface area contributed by atoms with Crippen molar-refractivity contribution < 1.29 is 27.6 Å². The highest BCUT2D eigenvalue weighted by atomic mass is 19.4. The number of anilines is 1. The highest BCUT2D eigenvalue weighted by Crippen LogP contribution is 2.29. The Bertz CT molecular complexity index is 1060. The number of aryl methyl sites for hydroxylation is 1. The second kappa shape index (κ2) is 8.19. The van der Waals surface area contributed by atoms with Crippen molar-refractivity contribution in [1.29, 1.82) is 0 Å². The van der Waals surface area contributed by atoms with Crippen LogP contribution in [0.5, 0.6) is 5.75 Å². The summed E-state index contributed by atoms with van der Waals surface area (Å²) in [5, 5.41) is 17.3. The molecule has 0 radical (unpaired) electrons. The number of rotatable bonds is 6. The van der Waals surface area contributed by atoms with Gasteiger partial charge in [-0.25, -0.2) is 4.98 Å². The normalized spacial score (nSPS) is 11.2. The van der Waals surface area contributed by atoms with E-state index in [-0.39, 0.29) is 23.1 Å². The first-order chi connectivity index (χ1) is 14.1. The lowest BCUT2D eigenvalue weighted by Gasteiger charge is -2.10. The van der Waals surface area contributed by atoms with Gasteiger partial charge in [0.05, 0.1) is 16.2 Å². The summed E-state index contributed by atoms with van der Waals surface area (Å²) in [6.45, 7) is 1.24. The van der Waals surface area contributed by atoms with Gasteiger partial charge < -0.3 is 10.1 Å². The first-order valence-electron chi connectivity index (χ1n) is 8.41. The molecule has 0 spiro atoms. The smallest absolute Gasteiger partial charge is 0.417 e. The molecule has 0 aliphatic heterocycles. The van der Waals surface area contributed by atoms with Crippen molar-refractivity contribution in [2.75, 3.05) is 11.9 Å². The summed E-state index contributed by atoms with van der Waals surface area (Å²) in [6.07, 6.45) is -3.84. The summed E-state index contributed by atoms with van der Waals surface area (Å²) in [7, 11) is 0. The van der Waals surface area contributed by atoms with Gasteiger partial charge in [0.15, 0.2) is 12.4 Å². The van der Waals surface area contributed by atoms with E-state index >= 15 is 0 Å². The van der Waals surface area contributed by atoms with E-state index in [0.717, 1.165) is 12.1 Å². The second-order valence-corrected chi connectivity index (χ2v) is 6.07. The first-order valence-corrected chi connectivity index (χ1v) is 8.41. The standard InChI is InChI=1S/C18H14F3N5O4/c1-11-8-16(25(24-11)15-7-2-12(9-22-15)18(19,20)21)23-17(27)10-30-14-5-3-13(4-6-14)26(28)29/h2-9H,10H2,1H3,(H,23,27). The minimum atomic E-state index is -4.52. The number of nitro benzene ring substituents is 1. The lowest BCUT2D eigenvalue weighted by Crippen LogP contribution is -2.22. The monoisotopic (exact) mass is 421 g/mol. The molecule has 0 aliphatic rings. The van der Waals surface area contributed by atoms with E-state index in [4.69, 9.17) is 4.74 Å². The molecule has 9 nitrogen and oxygen atoms in total. The van der Waals surface area contributed by atoms with E-state index in [0.29, 0.717) is 11.9 Å². The van der Waals surface area contributed by atoms with Crippen molar-refractivity contribution in [3.05, 3.63) is 70.0 Å². The van der Waals surface area contributed by atoms with Crippen LogP contribution in [-0.4, -0.2) is 32.2 Å². The van der Waals surface area contributed by atoms with Crippen LogP contribution in [0.4, 0.5) is 24.7 Å². The number of carbonyl (C=O) groups is 1. The number of ether oxygens (including phenoxy) is 1. The van der Waals surface area contributed by atoms with Crippen molar-refractivity contribution in [2.45, 2.75) is 13.1 Å². The maximum atomic E-state index is 12.7. The predicted octanol–water partition coefficient (Wildman–Crippen LogP) is 3.52. The van der Waals surface area contributed by atoms with Crippen molar-refractivity contribution >= 4 is 17.4 Å².